The predicted molar refractivity (Wildman–Crippen MR) is 109 cm³/mol. The number of benzene rings is 2. The van der Waals surface area contributed by atoms with Gasteiger partial charge >= 0.3 is 0 Å². The van der Waals surface area contributed by atoms with Crippen LogP contribution in [0.15, 0.2) is 42.5 Å². The SMILES string of the molecule is O=C1CCc2c(C(=O)CCN3CCN(c4ccccc4)CC3)ccc(O)c2N1. The molecule has 2 aliphatic rings. The summed E-state index contributed by atoms with van der Waals surface area (Å²) in [7, 11) is 0. The van der Waals surface area contributed by atoms with Crippen LogP contribution in [0.4, 0.5) is 11.4 Å². The van der Waals surface area contributed by atoms with Crippen LogP contribution in [-0.4, -0.2) is 54.4 Å². The Hall–Kier alpha value is -2.86. The molecule has 0 spiro atoms. The predicted octanol–water partition coefficient (Wildman–Crippen LogP) is 2.67. The number of Topliss-reactive ketones (excluding diaryl/α,β-unsaturated/α-hetero) is 1. The molecule has 2 aromatic rings. The maximum Gasteiger partial charge on any atom is 0.224 e. The number of ketones is 1. The number of aromatic hydroxyl groups is 1. The molecule has 0 atom stereocenters. The van der Waals surface area contributed by atoms with E-state index in [0.717, 1.165) is 38.3 Å². The average molecular weight is 379 g/mol. The second-order valence-electron chi connectivity index (χ2n) is 7.37. The number of piperazine rings is 1. The Morgan fingerprint density at radius 1 is 1.00 bits per heavy atom. The summed E-state index contributed by atoms with van der Waals surface area (Å²) in [6, 6.07) is 13.6. The number of carbonyl (C=O) groups is 2. The van der Waals surface area contributed by atoms with Crippen molar-refractivity contribution in [1.29, 1.82) is 0 Å². The summed E-state index contributed by atoms with van der Waals surface area (Å²) < 4.78 is 0. The van der Waals surface area contributed by atoms with Crippen molar-refractivity contribution in [2.24, 2.45) is 0 Å². The topological polar surface area (TPSA) is 72.9 Å². The van der Waals surface area contributed by atoms with Gasteiger partial charge < -0.3 is 15.3 Å². The number of para-hydroxylation sites is 1. The molecule has 2 aromatic carbocycles. The van der Waals surface area contributed by atoms with E-state index in [2.05, 4.69) is 39.4 Å². The van der Waals surface area contributed by atoms with Gasteiger partial charge in [-0.25, -0.2) is 0 Å². The summed E-state index contributed by atoms with van der Waals surface area (Å²) >= 11 is 0. The first-order valence-electron chi connectivity index (χ1n) is 9.82. The van der Waals surface area contributed by atoms with Crippen LogP contribution < -0.4 is 10.2 Å². The fourth-order valence-electron chi connectivity index (χ4n) is 4.00. The molecule has 28 heavy (non-hydrogen) atoms. The Morgan fingerprint density at radius 2 is 1.75 bits per heavy atom. The van der Waals surface area contributed by atoms with Gasteiger partial charge in [0.25, 0.3) is 0 Å². The highest BCUT2D eigenvalue weighted by molar-refractivity contribution is 6.03. The largest absolute Gasteiger partial charge is 0.506 e. The van der Waals surface area contributed by atoms with E-state index < -0.39 is 0 Å². The van der Waals surface area contributed by atoms with E-state index in [-0.39, 0.29) is 17.4 Å². The summed E-state index contributed by atoms with van der Waals surface area (Å²) in [5.41, 5.74) is 3.03. The molecule has 6 nitrogen and oxygen atoms in total. The average Bonchev–Trinajstić information content (AvgIpc) is 2.74. The molecule has 0 aliphatic carbocycles. The van der Waals surface area contributed by atoms with E-state index in [1.54, 1.807) is 6.07 Å². The van der Waals surface area contributed by atoms with Crippen molar-refractivity contribution in [2.75, 3.05) is 42.9 Å². The second kappa shape index (κ2) is 8.02. The molecule has 0 saturated carbocycles. The van der Waals surface area contributed by atoms with Crippen molar-refractivity contribution in [2.45, 2.75) is 19.3 Å². The molecule has 4 rings (SSSR count). The van der Waals surface area contributed by atoms with Crippen LogP contribution in [0.2, 0.25) is 0 Å². The minimum absolute atomic E-state index is 0.0247. The number of amides is 1. The number of hydrogen-bond acceptors (Lipinski definition) is 5. The Labute approximate surface area is 164 Å². The molecular weight excluding hydrogens is 354 g/mol. The quantitative estimate of drug-likeness (QED) is 0.617. The number of fused-ring (bicyclic) bond motifs is 1. The van der Waals surface area contributed by atoms with Gasteiger partial charge in [0, 0.05) is 56.8 Å². The van der Waals surface area contributed by atoms with E-state index in [0.29, 0.717) is 30.5 Å². The maximum atomic E-state index is 12.8. The number of nitrogens with one attached hydrogen (secondary N) is 1. The highest BCUT2D eigenvalue weighted by Crippen LogP contribution is 2.34. The molecule has 146 valence electrons. The Bertz CT molecular complexity index is 874. The van der Waals surface area contributed by atoms with Gasteiger partial charge in [0.15, 0.2) is 5.78 Å². The second-order valence-corrected chi connectivity index (χ2v) is 7.37. The lowest BCUT2D eigenvalue weighted by Crippen LogP contribution is -2.46. The standard InChI is InChI=1S/C22H25N3O3/c26-19(17-6-8-20(27)22-18(17)7-9-21(28)23-22)10-11-24-12-14-25(15-13-24)16-4-2-1-3-5-16/h1-6,8,27H,7,9-15H2,(H,23,28). The van der Waals surface area contributed by atoms with Crippen LogP contribution in [0.3, 0.4) is 0 Å². The van der Waals surface area contributed by atoms with Crippen molar-refractivity contribution < 1.29 is 14.7 Å². The lowest BCUT2D eigenvalue weighted by molar-refractivity contribution is -0.116. The third-order valence-corrected chi connectivity index (χ3v) is 5.61. The van der Waals surface area contributed by atoms with Crippen molar-refractivity contribution >= 4 is 23.1 Å². The fourth-order valence-corrected chi connectivity index (χ4v) is 4.00. The Balaban J connectivity index is 1.35. The lowest BCUT2D eigenvalue weighted by atomic mass is 9.93. The Kier molecular flexibility index (Phi) is 5.30. The fraction of sp³-hybridized carbons (Fsp3) is 0.364. The smallest absolute Gasteiger partial charge is 0.224 e. The number of phenols is 1. The van der Waals surface area contributed by atoms with Crippen LogP contribution in [0.1, 0.15) is 28.8 Å². The van der Waals surface area contributed by atoms with Gasteiger partial charge in [-0.2, -0.15) is 0 Å². The van der Waals surface area contributed by atoms with Crippen molar-refractivity contribution in [3.8, 4) is 5.75 Å². The Morgan fingerprint density at radius 3 is 2.50 bits per heavy atom. The summed E-state index contributed by atoms with van der Waals surface area (Å²) in [6.45, 7) is 4.51. The van der Waals surface area contributed by atoms with Gasteiger partial charge in [-0.15, -0.1) is 0 Å². The number of nitrogens with zero attached hydrogens (tertiary/aromatic N) is 2. The molecule has 0 radical (unpaired) electrons. The van der Waals surface area contributed by atoms with Gasteiger partial charge in [0.1, 0.15) is 5.75 Å². The molecule has 0 unspecified atom stereocenters. The summed E-state index contributed by atoms with van der Waals surface area (Å²) in [5, 5.41) is 12.7. The van der Waals surface area contributed by atoms with Crippen LogP contribution in [-0.2, 0) is 11.2 Å². The summed E-state index contributed by atoms with van der Waals surface area (Å²) in [5.74, 6) is -0.0294. The van der Waals surface area contributed by atoms with Crippen LogP contribution >= 0.6 is 0 Å². The number of carbonyl (C=O) groups excluding carboxylic acids is 2. The van der Waals surface area contributed by atoms with Crippen LogP contribution in [0, 0.1) is 0 Å². The lowest BCUT2D eigenvalue weighted by Gasteiger charge is -2.36. The molecule has 2 N–H and O–H groups in total. The minimum Gasteiger partial charge on any atom is -0.506 e. The third kappa shape index (κ3) is 3.87. The van der Waals surface area contributed by atoms with Crippen LogP contribution in [0.25, 0.3) is 0 Å². The van der Waals surface area contributed by atoms with E-state index in [4.69, 9.17) is 0 Å². The first kappa shape index (κ1) is 18.5. The normalized spacial score (nSPS) is 17.1. The zero-order chi connectivity index (χ0) is 19.5. The van der Waals surface area contributed by atoms with E-state index in [1.807, 2.05) is 6.07 Å². The van der Waals surface area contributed by atoms with E-state index >= 15 is 0 Å². The van der Waals surface area contributed by atoms with Gasteiger partial charge in [-0.05, 0) is 36.2 Å². The third-order valence-electron chi connectivity index (χ3n) is 5.61. The monoisotopic (exact) mass is 379 g/mol. The first-order chi connectivity index (χ1) is 13.6. The van der Waals surface area contributed by atoms with Gasteiger partial charge in [0.05, 0.1) is 5.69 Å². The molecule has 1 saturated heterocycles. The number of phenolic OH excluding ortho intramolecular Hbond substituents is 1. The van der Waals surface area contributed by atoms with E-state index in [1.165, 1.54) is 11.8 Å². The molecule has 0 bridgehead atoms. The molecule has 2 heterocycles. The zero-order valence-corrected chi connectivity index (χ0v) is 15.9. The molecule has 1 fully saturated rings. The highest BCUT2D eigenvalue weighted by Gasteiger charge is 2.24. The van der Waals surface area contributed by atoms with Crippen molar-refractivity contribution in [3.63, 3.8) is 0 Å². The molecule has 0 aromatic heterocycles. The van der Waals surface area contributed by atoms with Crippen molar-refractivity contribution in [1.82, 2.24) is 4.90 Å². The number of anilines is 2. The van der Waals surface area contributed by atoms with E-state index in [9.17, 15) is 14.7 Å². The molecule has 6 heteroatoms. The highest BCUT2D eigenvalue weighted by atomic mass is 16.3. The first-order valence-corrected chi connectivity index (χ1v) is 9.82. The van der Waals surface area contributed by atoms with Crippen LogP contribution in [0.5, 0.6) is 5.75 Å². The molecule has 1 amide bonds. The van der Waals surface area contributed by atoms with Gasteiger partial charge in [-0.3, -0.25) is 14.5 Å². The zero-order valence-electron chi connectivity index (χ0n) is 15.9. The maximum absolute atomic E-state index is 12.8. The minimum atomic E-state index is -0.122. The number of rotatable bonds is 5. The van der Waals surface area contributed by atoms with Gasteiger partial charge in [-0.1, -0.05) is 18.2 Å². The summed E-state index contributed by atoms with van der Waals surface area (Å²) in [6.07, 6.45) is 1.28. The van der Waals surface area contributed by atoms with Crippen molar-refractivity contribution in [3.05, 3.63) is 53.6 Å². The molecule has 2 aliphatic heterocycles. The molecular formula is C22H25N3O3. The number of hydrogen-bond donors (Lipinski definition) is 2. The summed E-state index contributed by atoms with van der Waals surface area (Å²) in [4.78, 5) is 29.1. The van der Waals surface area contributed by atoms with Gasteiger partial charge in [0.2, 0.25) is 5.91 Å².